The molecule has 0 spiro atoms. The van der Waals surface area contributed by atoms with Crippen LogP contribution in [0.1, 0.15) is 18.4 Å². The maximum Gasteiger partial charge on any atom is 0.230 e. The number of nitrogen functional groups attached to an aromatic ring is 1. The van der Waals surface area contributed by atoms with Gasteiger partial charge in [-0.3, -0.25) is 0 Å². The molecule has 1 aliphatic heterocycles. The van der Waals surface area contributed by atoms with Gasteiger partial charge in [0.1, 0.15) is 6.33 Å². The molecule has 1 aromatic carbocycles. The molecule has 5 heteroatoms. The number of nitrogens with two attached hydrogens (primary N) is 1. The summed E-state index contributed by atoms with van der Waals surface area (Å²) in [6.07, 6.45) is 4.84. The van der Waals surface area contributed by atoms with Gasteiger partial charge in [-0.05, 0) is 24.8 Å². The molecule has 1 fully saturated rings. The lowest BCUT2D eigenvalue weighted by Gasteiger charge is -2.24. The largest absolute Gasteiger partial charge is 0.368 e. The first-order chi connectivity index (χ1) is 9.33. The Hall–Kier alpha value is -2.17. The van der Waals surface area contributed by atoms with Gasteiger partial charge in [0, 0.05) is 12.6 Å². The Labute approximate surface area is 112 Å². The van der Waals surface area contributed by atoms with E-state index in [-0.39, 0.29) is 5.95 Å². The molecule has 1 atom stereocenters. The van der Waals surface area contributed by atoms with Crippen molar-refractivity contribution in [3.63, 3.8) is 0 Å². The average molecular weight is 255 g/mol. The second-order valence-electron chi connectivity index (χ2n) is 4.82. The normalized spacial score (nSPS) is 18.7. The van der Waals surface area contributed by atoms with E-state index in [1.807, 2.05) is 6.07 Å². The van der Waals surface area contributed by atoms with Gasteiger partial charge in [-0.15, -0.1) is 0 Å². The summed E-state index contributed by atoms with van der Waals surface area (Å²) in [5, 5.41) is 0. The summed E-state index contributed by atoms with van der Waals surface area (Å²) < 4.78 is 0. The second kappa shape index (κ2) is 5.22. The minimum atomic E-state index is 0.287. The molecule has 2 N–H and O–H groups in total. The molecule has 1 saturated heterocycles. The highest BCUT2D eigenvalue weighted by Gasteiger charge is 2.26. The van der Waals surface area contributed by atoms with E-state index in [4.69, 9.17) is 5.73 Å². The van der Waals surface area contributed by atoms with E-state index in [0.29, 0.717) is 12.0 Å². The molecular weight excluding hydrogens is 238 g/mol. The standard InChI is InChI=1S/C14H17N5/c15-13-16-10-17-14(18-13)19-8-4-7-12(19)9-11-5-2-1-3-6-11/h1-3,5-6,10,12H,4,7-9H2,(H2,15,16,17,18). The minimum absolute atomic E-state index is 0.287. The first-order valence-corrected chi connectivity index (χ1v) is 6.58. The quantitative estimate of drug-likeness (QED) is 0.903. The maximum absolute atomic E-state index is 5.64. The summed E-state index contributed by atoms with van der Waals surface area (Å²) in [4.78, 5) is 14.6. The van der Waals surface area contributed by atoms with Gasteiger partial charge in [0.05, 0.1) is 0 Å². The second-order valence-corrected chi connectivity index (χ2v) is 4.82. The van der Waals surface area contributed by atoms with Crippen LogP contribution in [0.3, 0.4) is 0 Å². The molecule has 0 aliphatic carbocycles. The Kier molecular flexibility index (Phi) is 3.27. The molecule has 0 bridgehead atoms. The lowest BCUT2D eigenvalue weighted by atomic mass is 10.0. The van der Waals surface area contributed by atoms with Crippen molar-refractivity contribution in [2.75, 3.05) is 17.2 Å². The Bertz CT molecular complexity index is 543. The first kappa shape index (κ1) is 11.9. The molecule has 1 aliphatic rings. The number of benzene rings is 1. The third-order valence-corrected chi connectivity index (χ3v) is 3.53. The van der Waals surface area contributed by atoms with E-state index in [0.717, 1.165) is 13.0 Å². The van der Waals surface area contributed by atoms with Gasteiger partial charge in [0.25, 0.3) is 0 Å². The van der Waals surface area contributed by atoms with E-state index in [1.165, 1.54) is 24.7 Å². The van der Waals surface area contributed by atoms with Crippen molar-refractivity contribution in [1.29, 1.82) is 0 Å². The van der Waals surface area contributed by atoms with Gasteiger partial charge in [-0.2, -0.15) is 4.98 Å². The zero-order valence-corrected chi connectivity index (χ0v) is 10.7. The van der Waals surface area contributed by atoms with E-state index < -0.39 is 0 Å². The number of rotatable bonds is 3. The number of aromatic nitrogens is 3. The molecule has 1 aromatic heterocycles. The maximum atomic E-state index is 5.64. The predicted octanol–water partition coefficient (Wildman–Crippen LogP) is 1.67. The average Bonchev–Trinajstić information content (AvgIpc) is 2.88. The third kappa shape index (κ3) is 2.65. The van der Waals surface area contributed by atoms with E-state index in [1.54, 1.807) is 0 Å². The van der Waals surface area contributed by atoms with Crippen molar-refractivity contribution in [3.05, 3.63) is 42.2 Å². The summed E-state index contributed by atoms with van der Waals surface area (Å²) in [7, 11) is 0. The summed E-state index contributed by atoms with van der Waals surface area (Å²) in [6.45, 7) is 0.987. The van der Waals surface area contributed by atoms with Gasteiger partial charge >= 0.3 is 0 Å². The zero-order valence-electron chi connectivity index (χ0n) is 10.7. The van der Waals surface area contributed by atoms with Gasteiger partial charge in [-0.25, -0.2) is 9.97 Å². The molecule has 1 unspecified atom stereocenters. The topological polar surface area (TPSA) is 67.9 Å². The Morgan fingerprint density at radius 1 is 1.21 bits per heavy atom. The lowest BCUT2D eigenvalue weighted by Crippen LogP contribution is -2.32. The number of hydrogen-bond donors (Lipinski definition) is 1. The highest BCUT2D eigenvalue weighted by molar-refractivity contribution is 5.37. The number of nitrogens with zero attached hydrogens (tertiary/aromatic N) is 4. The van der Waals surface area contributed by atoms with Gasteiger partial charge < -0.3 is 10.6 Å². The van der Waals surface area contributed by atoms with Crippen molar-refractivity contribution in [2.45, 2.75) is 25.3 Å². The predicted molar refractivity (Wildman–Crippen MR) is 74.8 cm³/mol. The van der Waals surface area contributed by atoms with E-state index in [9.17, 15) is 0 Å². The minimum Gasteiger partial charge on any atom is -0.368 e. The summed E-state index contributed by atoms with van der Waals surface area (Å²) >= 11 is 0. The molecular formula is C14H17N5. The summed E-state index contributed by atoms with van der Waals surface area (Å²) in [6, 6.07) is 11.0. The van der Waals surface area contributed by atoms with Crippen molar-refractivity contribution >= 4 is 11.9 Å². The van der Waals surface area contributed by atoms with Crippen LogP contribution >= 0.6 is 0 Å². The van der Waals surface area contributed by atoms with Crippen molar-refractivity contribution in [2.24, 2.45) is 0 Å². The van der Waals surface area contributed by atoms with Gasteiger partial charge in [0.15, 0.2) is 0 Å². The van der Waals surface area contributed by atoms with Gasteiger partial charge in [-0.1, -0.05) is 30.3 Å². The van der Waals surface area contributed by atoms with E-state index >= 15 is 0 Å². The highest BCUT2D eigenvalue weighted by Crippen LogP contribution is 2.24. The monoisotopic (exact) mass is 255 g/mol. The highest BCUT2D eigenvalue weighted by atomic mass is 15.3. The molecule has 0 amide bonds. The molecule has 2 aromatic rings. The Morgan fingerprint density at radius 2 is 2.05 bits per heavy atom. The fourth-order valence-electron chi connectivity index (χ4n) is 2.64. The SMILES string of the molecule is Nc1ncnc(N2CCCC2Cc2ccccc2)n1. The fourth-order valence-corrected chi connectivity index (χ4v) is 2.64. The fraction of sp³-hybridized carbons (Fsp3) is 0.357. The van der Waals surface area contributed by atoms with Crippen molar-refractivity contribution in [1.82, 2.24) is 15.0 Å². The lowest BCUT2D eigenvalue weighted by molar-refractivity contribution is 0.650. The number of anilines is 2. The van der Waals surface area contributed by atoms with Crippen LogP contribution in [0.15, 0.2) is 36.7 Å². The van der Waals surface area contributed by atoms with E-state index in [2.05, 4.69) is 44.1 Å². The molecule has 3 rings (SSSR count). The van der Waals surface area contributed by atoms with Crippen LogP contribution < -0.4 is 10.6 Å². The molecule has 0 saturated carbocycles. The van der Waals surface area contributed by atoms with Crippen LogP contribution in [-0.2, 0) is 6.42 Å². The van der Waals surface area contributed by atoms with Gasteiger partial charge in [0.2, 0.25) is 11.9 Å². The summed E-state index contributed by atoms with van der Waals surface area (Å²) in [5.74, 6) is 0.987. The summed E-state index contributed by atoms with van der Waals surface area (Å²) in [5.41, 5.74) is 6.98. The van der Waals surface area contributed by atoms with Crippen LogP contribution in [0.4, 0.5) is 11.9 Å². The van der Waals surface area contributed by atoms with Crippen LogP contribution in [0.2, 0.25) is 0 Å². The zero-order chi connectivity index (χ0) is 13.1. The van der Waals surface area contributed by atoms with Crippen LogP contribution in [0.5, 0.6) is 0 Å². The first-order valence-electron chi connectivity index (χ1n) is 6.58. The molecule has 5 nitrogen and oxygen atoms in total. The molecule has 2 heterocycles. The van der Waals surface area contributed by atoms with Crippen LogP contribution in [-0.4, -0.2) is 27.5 Å². The molecule has 19 heavy (non-hydrogen) atoms. The van der Waals surface area contributed by atoms with Crippen LogP contribution in [0, 0.1) is 0 Å². The van der Waals surface area contributed by atoms with Crippen LogP contribution in [0.25, 0.3) is 0 Å². The smallest absolute Gasteiger partial charge is 0.230 e. The van der Waals surface area contributed by atoms with Crippen molar-refractivity contribution < 1.29 is 0 Å². The molecule has 0 radical (unpaired) electrons. The Morgan fingerprint density at radius 3 is 2.84 bits per heavy atom. The van der Waals surface area contributed by atoms with Crippen molar-refractivity contribution in [3.8, 4) is 0 Å². The Balaban J connectivity index is 1.78. The molecule has 98 valence electrons. The third-order valence-electron chi connectivity index (χ3n) is 3.53. The number of hydrogen-bond acceptors (Lipinski definition) is 5.